The Labute approximate surface area is 105 Å². The van der Waals surface area contributed by atoms with Crippen molar-refractivity contribution in [2.45, 2.75) is 0 Å². The number of rotatable bonds is 3. The molecule has 0 unspecified atom stereocenters. The lowest BCUT2D eigenvalue weighted by Gasteiger charge is -2.08. The molecule has 0 aliphatic heterocycles. The van der Waals surface area contributed by atoms with Crippen LogP contribution in [0.4, 0.5) is 0 Å². The Balaban J connectivity index is 2.53. The van der Waals surface area contributed by atoms with Crippen LogP contribution in [0, 0.1) is 0 Å². The molecule has 4 heteroatoms. The normalized spacial score (nSPS) is 9.89. The number of nitrogens with zero attached hydrogens (tertiary/aromatic N) is 1. The fourth-order valence-electron chi connectivity index (χ4n) is 1.71. The molecule has 0 atom stereocenters. The number of pyridine rings is 1. The first-order chi connectivity index (χ1) is 8.76. The highest BCUT2D eigenvalue weighted by atomic mass is 16.5. The molecule has 2 aromatic rings. The summed E-state index contributed by atoms with van der Waals surface area (Å²) in [5.74, 6) is 0.334. The molecule has 0 bridgehead atoms. The van der Waals surface area contributed by atoms with Crippen LogP contribution in [0.2, 0.25) is 0 Å². The van der Waals surface area contributed by atoms with Crippen LogP contribution in [-0.4, -0.2) is 25.2 Å². The summed E-state index contributed by atoms with van der Waals surface area (Å²) in [5.41, 5.74) is 2.10. The number of methoxy groups -OCH3 is 2. The maximum Gasteiger partial charge on any atom is 0.340 e. The van der Waals surface area contributed by atoms with Crippen molar-refractivity contribution in [3.63, 3.8) is 0 Å². The second kappa shape index (κ2) is 5.31. The highest BCUT2D eigenvalue weighted by molar-refractivity contribution is 5.96. The van der Waals surface area contributed by atoms with Crippen LogP contribution in [0.5, 0.6) is 5.75 Å². The van der Waals surface area contributed by atoms with Gasteiger partial charge in [-0.3, -0.25) is 4.98 Å². The largest absolute Gasteiger partial charge is 0.497 e. The summed E-state index contributed by atoms with van der Waals surface area (Å²) in [5, 5.41) is 0. The summed E-state index contributed by atoms with van der Waals surface area (Å²) in [7, 11) is 2.96. The Hall–Kier alpha value is -2.36. The van der Waals surface area contributed by atoms with Gasteiger partial charge >= 0.3 is 5.97 Å². The van der Waals surface area contributed by atoms with Crippen LogP contribution in [0.15, 0.2) is 42.7 Å². The summed E-state index contributed by atoms with van der Waals surface area (Å²) in [6.07, 6.45) is 3.14. The number of hydrogen-bond donors (Lipinski definition) is 0. The van der Waals surface area contributed by atoms with E-state index in [4.69, 9.17) is 9.47 Å². The van der Waals surface area contributed by atoms with Crippen molar-refractivity contribution in [2.24, 2.45) is 0 Å². The minimum absolute atomic E-state index is 0.402. The zero-order valence-electron chi connectivity index (χ0n) is 10.2. The Morgan fingerprint density at radius 1 is 1.22 bits per heavy atom. The molecule has 0 spiro atoms. The predicted octanol–water partition coefficient (Wildman–Crippen LogP) is 2.54. The van der Waals surface area contributed by atoms with Crippen LogP contribution < -0.4 is 4.74 Å². The summed E-state index contributed by atoms with van der Waals surface area (Å²) < 4.78 is 9.92. The molecule has 1 aromatic heterocycles. The van der Waals surface area contributed by atoms with Crippen molar-refractivity contribution in [2.75, 3.05) is 14.2 Å². The van der Waals surface area contributed by atoms with Crippen molar-refractivity contribution >= 4 is 5.97 Å². The van der Waals surface area contributed by atoms with E-state index in [9.17, 15) is 4.79 Å². The van der Waals surface area contributed by atoms with Crippen molar-refractivity contribution in [3.05, 3.63) is 48.3 Å². The van der Waals surface area contributed by atoms with E-state index < -0.39 is 5.97 Å². The minimum Gasteiger partial charge on any atom is -0.497 e. The van der Waals surface area contributed by atoms with Crippen molar-refractivity contribution in [1.29, 1.82) is 0 Å². The zero-order chi connectivity index (χ0) is 13.0. The van der Waals surface area contributed by atoms with Crippen LogP contribution in [0.3, 0.4) is 0 Å². The van der Waals surface area contributed by atoms with Gasteiger partial charge in [-0.15, -0.1) is 0 Å². The van der Waals surface area contributed by atoms with Gasteiger partial charge in [-0.05, 0) is 29.3 Å². The minimum atomic E-state index is -0.402. The summed E-state index contributed by atoms with van der Waals surface area (Å²) in [6.45, 7) is 0. The van der Waals surface area contributed by atoms with E-state index in [1.807, 2.05) is 24.3 Å². The van der Waals surface area contributed by atoms with Gasteiger partial charge in [0.25, 0.3) is 0 Å². The Morgan fingerprint density at radius 2 is 2.06 bits per heavy atom. The van der Waals surface area contributed by atoms with Crippen molar-refractivity contribution < 1.29 is 14.3 Å². The van der Waals surface area contributed by atoms with Gasteiger partial charge in [0, 0.05) is 12.4 Å². The average Bonchev–Trinajstić information content (AvgIpc) is 2.46. The smallest absolute Gasteiger partial charge is 0.340 e. The molecule has 2 rings (SSSR count). The molecular weight excluding hydrogens is 230 g/mol. The number of hydrogen-bond acceptors (Lipinski definition) is 4. The lowest BCUT2D eigenvalue weighted by Crippen LogP contribution is -2.04. The highest BCUT2D eigenvalue weighted by Crippen LogP contribution is 2.26. The van der Waals surface area contributed by atoms with Gasteiger partial charge in [0.15, 0.2) is 0 Å². The Morgan fingerprint density at radius 3 is 2.78 bits per heavy atom. The van der Waals surface area contributed by atoms with E-state index in [1.54, 1.807) is 19.4 Å². The SMILES string of the molecule is COC(=O)c1cnccc1-c1cccc(OC)c1. The van der Waals surface area contributed by atoms with Gasteiger partial charge in [0.05, 0.1) is 19.8 Å². The van der Waals surface area contributed by atoms with Crippen LogP contribution >= 0.6 is 0 Å². The van der Waals surface area contributed by atoms with Crippen LogP contribution in [-0.2, 0) is 4.74 Å². The average molecular weight is 243 g/mol. The first kappa shape index (κ1) is 12.1. The molecule has 0 radical (unpaired) electrons. The molecule has 0 saturated carbocycles. The number of ether oxygens (including phenoxy) is 2. The van der Waals surface area contributed by atoms with E-state index in [1.165, 1.54) is 13.3 Å². The molecule has 1 heterocycles. The first-order valence-electron chi connectivity index (χ1n) is 5.43. The molecule has 0 amide bonds. The summed E-state index contributed by atoms with van der Waals surface area (Å²) in [4.78, 5) is 15.6. The van der Waals surface area contributed by atoms with Gasteiger partial charge < -0.3 is 9.47 Å². The van der Waals surface area contributed by atoms with Crippen LogP contribution in [0.25, 0.3) is 11.1 Å². The second-order valence-electron chi connectivity index (χ2n) is 3.64. The van der Waals surface area contributed by atoms with E-state index in [2.05, 4.69) is 4.98 Å². The first-order valence-corrected chi connectivity index (χ1v) is 5.43. The number of carbonyl (C=O) groups is 1. The third kappa shape index (κ3) is 2.32. The van der Waals surface area contributed by atoms with E-state index in [-0.39, 0.29) is 0 Å². The van der Waals surface area contributed by atoms with Gasteiger partial charge in [-0.25, -0.2) is 4.79 Å². The molecule has 1 aromatic carbocycles. The van der Waals surface area contributed by atoms with Gasteiger partial charge in [-0.1, -0.05) is 12.1 Å². The van der Waals surface area contributed by atoms with Crippen molar-refractivity contribution in [3.8, 4) is 16.9 Å². The lowest BCUT2D eigenvalue weighted by molar-refractivity contribution is 0.0601. The summed E-state index contributed by atoms with van der Waals surface area (Å²) >= 11 is 0. The molecule has 18 heavy (non-hydrogen) atoms. The Kier molecular flexibility index (Phi) is 3.57. The predicted molar refractivity (Wildman–Crippen MR) is 67.6 cm³/mol. The summed E-state index contributed by atoms with van der Waals surface area (Å²) in [6, 6.07) is 9.27. The maximum atomic E-state index is 11.7. The fourth-order valence-corrected chi connectivity index (χ4v) is 1.71. The quantitative estimate of drug-likeness (QED) is 0.777. The third-order valence-electron chi connectivity index (χ3n) is 2.61. The molecule has 0 fully saturated rings. The highest BCUT2D eigenvalue weighted by Gasteiger charge is 2.13. The third-order valence-corrected chi connectivity index (χ3v) is 2.61. The number of esters is 1. The van der Waals surface area contributed by atoms with Crippen molar-refractivity contribution in [1.82, 2.24) is 4.98 Å². The molecule has 0 aliphatic carbocycles. The van der Waals surface area contributed by atoms with E-state index in [0.717, 1.165) is 16.9 Å². The topological polar surface area (TPSA) is 48.4 Å². The van der Waals surface area contributed by atoms with Gasteiger partial charge in [-0.2, -0.15) is 0 Å². The van der Waals surface area contributed by atoms with E-state index in [0.29, 0.717) is 5.56 Å². The standard InChI is InChI=1S/C14H13NO3/c1-17-11-5-3-4-10(8-11)12-6-7-15-9-13(12)14(16)18-2/h3-9H,1-2H3. The Bertz CT molecular complexity index is 566. The lowest BCUT2D eigenvalue weighted by atomic mass is 10.0. The zero-order valence-corrected chi connectivity index (χ0v) is 10.2. The van der Waals surface area contributed by atoms with E-state index >= 15 is 0 Å². The molecule has 92 valence electrons. The molecule has 4 nitrogen and oxygen atoms in total. The second-order valence-corrected chi connectivity index (χ2v) is 3.64. The molecule has 0 saturated heterocycles. The molecular formula is C14H13NO3. The van der Waals surface area contributed by atoms with Gasteiger partial charge in [0.2, 0.25) is 0 Å². The molecule has 0 N–H and O–H groups in total. The fraction of sp³-hybridized carbons (Fsp3) is 0.143. The maximum absolute atomic E-state index is 11.7. The molecule has 0 aliphatic rings. The van der Waals surface area contributed by atoms with Crippen LogP contribution in [0.1, 0.15) is 10.4 Å². The number of carbonyl (C=O) groups excluding carboxylic acids is 1. The monoisotopic (exact) mass is 243 g/mol. The van der Waals surface area contributed by atoms with Gasteiger partial charge in [0.1, 0.15) is 5.75 Å². The number of benzene rings is 1. The number of aromatic nitrogens is 1.